The molecule has 0 amide bonds. The van der Waals surface area contributed by atoms with Gasteiger partial charge in [-0.05, 0) is 6.92 Å². The lowest BCUT2D eigenvalue weighted by Crippen LogP contribution is -2.41. The van der Waals surface area contributed by atoms with Crippen LogP contribution >= 0.6 is 0 Å². The molecule has 2 N–H and O–H groups in total. The molecule has 3 nitrogen and oxygen atoms in total. The first kappa shape index (κ1) is 8.29. The molecule has 0 radical (unpaired) electrons. The van der Waals surface area contributed by atoms with Crippen LogP contribution in [0.3, 0.4) is 0 Å². The van der Waals surface area contributed by atoms with Crippen molar-refractivity contribution in [3.8, 4) is 0 Å². The largest absolute Gasteiger partial charge is 0.477 e. The van der Waals surface area contributed by atoms with Crippen LogP contribution in [-0.4, -0.2) is 28.2 Å². The molecule has 0 fully saturated rings. The van der Waals surface area contributed by atoms with Crippen LogP contribution in [0.5, 0.6) is 0 Å². The van der Waals surface area contributed by atoms with Crippen molar-refractivity contribution in [3.05, 3.63) is 0 Å². The fraction of sp³-hybridized carbons (Fsp3) is 0.750. The summed E-state index contributed by atoms with van der Waals surface area (Å²) in [5, 5.41) is 15.8. The van der Waals surface area contributed by atoms with Crippen LogP contribution in [0.25, 0.3) is 0 Å². The molecule has 0 aromatic rings. The molecular formula is C4H6F2O3. The van der Waals surface area contributed by atoms with Gasteiger partial charge in [-0.1, -0.05) is 0 Å². The lowest BCUT2D eigenvalue weighted by atomic mass is 10.2. The van der Waals surface area contributed by atoms with Crippen molar-refractivity contribution in [2.24, 2.45) is 0 Å². The SMILES string of the molecule is CC(F)C(O)(F)C(=O)O. The van der Waals surface area contributed by atoms with Crippen molar-refractivity contribution < 1.29 is 23.8 Å². The van der Waals surface area contributed by atoms with Crippen LogP contribution < -0.4 is 0 Å². The van der Waals surface area contributed by atoms with E-state index in [1.807, 2.05) is 0 Å². The summed E-state index contributed by atoms with van der Waals surface area (Å²) in [6.45, 7) is 0.619. The molecule has 0 bridgehead atoms. The predicted octanol–water partition coefficient (Wildman–Crippen LogP) is 0.0871. The number of carbonyl (C=O) groups is 1. The average Bonchev–Trinajstić information content (AvgIpc) is 1.65. The van der Waals surface area contributed by atoms with Crippen LogP contribution in [0.2, 0.25) is 0 Å². The molecule has 0 spiro atoms. The second kappa shape index (κ2) is 2.26. The lowest BCUT2D eigenvalue weighted by Gasteiger charge is -2.13. The maximum Gasteiger partial charge on any atom is 0.372 e. The second-order valence-corrected chi connectivity index (χ2v) is 1.59. The maximum atomic E-state index is 11.9. The summed E-state index contributed by atoms with van der Waals surface area (Å²) in [6.07, 6.45) is -2.42. The van der Waals surface area contributed by atoms with E-state index in [1.54, 1.807) is 0 Å². The van der Waals surface area contributed by atoms with Gasteiger partial charge in [-0.25, -0.2) is 9.18 Å². The van der Waals surface area contributed by atoms with Gasteiger partial charge in [0.05, 0.1) is 0 Å². The summed E-state index contributed by atoms with van der Waals surface area (Å²) in [5.41, 5.74) is 0. The fourth-order valence-electron chi connectivity index (χ4n) is 0.170. The molecule has 54 valence electrons. The first-order valence-corrected chi connectivity index (χ1v) is 2.17. The van der Waals surface area contributed by atoms with Crippen LogP contribution in [0.1, 0.15) is 6.92 Å². The van der Waals surface area contributed by atoms with Crippen molar-refractivity contribution in [2.45, 2.75) is 19.0 Å². The highest BCUT2D eigenvalue weighted by Gasteiger charge is 2.42. The summed E-state index contributed by atoms with van der Waals surface area (Å²) in [7, 11) is 0. The van der Waals surface area contributed by atoms with Gasteiger partial charge in [0.25, 0.3) is 0 Å². The molecule has 0 heterocycles. The van der Waals surface area contributed by atoms with E-state index in [1.165, 1.54) is 0 Å². The molecule has 2 unspecified atom stereocenters. The Morgan fingerprint density at radius 1 is 1.78 bits per heavy atom. The average molecular weight is 140 g/mol. The van der Waals surface area contributed by atoms with Gasteiger partial charge in [0.15, 0.2) is 6.17 Å². The third kappa shape index (κ3) is 1.60. The number of halogens is 2. The first-order chi connectivity index (χ1) is 3.89. The molecule has 9 heavy (non-hydrogen) atoms. The topological polar surface area (TPSA) is 57.5 Å². The van der Waals surface area contributed by atoms with Crippen LogP contribution in [0, 0.1) is 0 Å². The van der Waals surface area contributed by atoms with E-state index in [2.05, 4.69) is 0 Å². The molecule has 0 saturated carbocycles. The van der Waals surface area contributed by atoms with Gasteiger partial charge in [0, 0.05) is 0 Å². The van der Waals surface area contributed by atoms with Gasteiger partial charge >= 0.3 is 11.8 Å². The molecule has 0 rings (SSSR count). The van der Waals surface area contributed by atoms with Gasteiger partial charge in [-0.3, -0.25) is 0 Å². The normalized spacial score (nSPS) is 20.4. The Bertz CT molecular complexity index is 121. The molecule has 0 aromatic heterocycles. The van der Waals surface area contributed by atoms with Crippen LogP contribution in [0.4, 0.5) is 8.78 Å². The van der Waals surface area contributed by atoms with E-state index in [0.29, 0.717) is 6.92 Å². The third-order valence-corrected chi connectivity index (χ3v) is 0.827. The Morgan fingerprint density at radius 2 is 2.11 bits per heavy atom. The molecule has 0 aliphatic heterocycles. The molecule has 0 aromatic carbocycles. The van der Waals surface area contributed by atoms with Crippen molar-refractivity contribution in [3.63, 3.8) is 0 Å². The maximum absolute atomic E-state index is 11.9. The summed E-state index contributed by atoms with van der Waals surface area (Å²) < 4.78 is 23.6. The number of hydrogen-bond acceptors (Lipinski definition) is 2. The highest BCUT2D eigenvalue weighted by Crippen LogP contribution is 2.14. The summed E-state index contributed by atoms with van der Waals surface area (Å²) in [6, 6.07) is 0. The lowest BCUT2D eigenvalue weighted by molar-refractivity contribution is -0.193. The zero-order valence-electron chi connectivity index (χ0n) is 4.64. The monoisotopic (exact) mass is 140 g/mol. The molecule has 0 saturated heterocycles. The van der Waals surface area contributed by atoms with Gasteiger partial charge < -0.3 is 10.2 Å². The van der Waals surface area contributed by atoms with Crippen molar-refractivity contribution in [1.29, 1.82) is 0 Å². The van der Waals surface area contributed by atoms with Crippen LogP contribution in [-0.2, 0) is 4.79 Å². The van der Waals surface area contributed by atoms with Crippen molar-refractivity contribution in [1.82, 2.24) is 0 Å². The zero-order valence-corrected chi connectivity index (χ0v) is 4.64. The Kier molecular flexibility index (Phi) is 2.08. The molecule has 0 aliphatic carbocycles. The van der Waals surface area contributed by atoms with Gasteiger partial charge in [0.1, 0.15) is 0 Å². The Labute approximate surface area is 49.9 Å². The third-order valence-electron chi connectivity index (χ3n) is 0.827. The predicted molar refractivity (Wildman–Crippen MR) is 24.3 cm³/mol. The van der Waals surface area contributed by atoms with E-state index >= 15 is 0 Å². The van der Waals surface area contributed by atoms with Crippen molar-refractivity contribution in [2.75, 3.05) is 0 Å². The minimum atomic E-state index is -3.75. The smallest absolute Gasteiger partial charge is 0.372 e. The number of rotatable bonds is 2. The summed E-state index contributed by atoms with van der Waals surface area (Å²) >= 11 is 0. The fourth-order valence-corrected chi connectivity index (χ4v) is 0.170. The van der Waals surface area contributed by atoms with E-state index in [4.69, 9.17) is 10.2 Å². The van der Waals surface area contributed by atoms with Crippen LogP contribution in [0.15, 0.2) is 0 Å². The first-order valence-electron chi connectivity index (χ1n) is 2.17. The number of aliphatic hydroxyl groups is 1. The quantitative estimate of drug-likeness (QED) is 0.571. The minimum absolute atomic E-state index is 0.619. The summed E-state index contributed by atoms with van der Waals surface area (Å²) in [4.78, 5) is 9.60. The minimum Gasteiger partial charge on any atom is -0.477 e. The highest BCUT2D eigenvalue weighted by atomic mass is 19.2. The van der Waals surface area contributed by atoms with E-state index in [0.717, 1.165) is 0 Å². The number of carboxylic acid groups (broad SMARTS) is 1. The standard InChI is InChI=1S/C4H6F2O3/c1-2(5)4(6,9)3(7)8/h2,9H,1H3,(H,7,8). The van der Waals surface area contributed by atoms with Gasteiger partial charge in [-0.15, -0.1) is 0 Å². The second-order valence-electron chi connectivity index (χ2n) is 1.59. The Balaban J connectivity index is 4.19. The zero-order chi connectivity index (χ0) is 7.65. The number of hydrogen-bond donors (Lipinski definition) is 2. The highest BCUT2D eigenvalue weighted by molar-refractivity contribution is 5.75. The van der Waals surface area contributed by atoms with E-state index in [-0.39, 0.29) is 0 Å². The molecular weight excluding hydrogens is 134 g/mol. The Morgan fingerprint density at radius 3 is 2.11 bits per heavy atom. The van der Waals surface area contributed by atoms with Gasteiger partial charge in [-0.2, -0.15) is 4.39 Å². The summed E-state index contributed by atoms with van der Waals surface area (Å²) in [5.74, 6) is -5.96. The number of aliphatic carboxylic acids is 1. The Hall–Kier alpha value is -0.710. The number of carboxylic acids is 1. The molecule has 5 heteroatoms. The molecule has 0 aliphatic rings. The number of alkyl halides is 2. The van der Waals surface area contributed by atoms with E-state index in [9.17, 15) is 13.6 Å². The van der Waals surface area contributed by atoms with E-state index < -0.39 is 18.0 Å². The molecule has 2 atom stereocenters. The van der Waals surface area contributed by atoms with Crippen molar-refractivity contribution >= 4 is 5.97 Å². The van der Waals surface area contributed by atoms with Gasteiger partial charge in [0.2, 0.25) is 0 Å².